The van der Waals surface area contributed by atoms with E-state index in [4.69, 9.17) is 5.73 Å². The first-order chi connectivity index (χ1) is 8.39. The second kappa shape index (κ2) is 4.76. The summed E-state index contributed by atoms with van der Waals surface area (Å²) < 4.78 is 0. The van der Waals surface area contributed by atoms with Crippen molar-refractivity contribution in [1.29, 1.82) is 0 Å². The Bertz CT molecular complexity index is 390. The Morgan fingerprint density at radius 3 is 2.50 bits per heavy atom. The van der Waals surface area contributed by atoms with Gasteiger partial charge < -0.3 is 16.2 Å². The van der Waals surface area contributed by atoms with Crippen LogP contribution in [0.5, 0.6) is 0 Å². The van der Waals surface area contributed by atoms with E-state index in [0.29, 0.717) is 17.8 Å². The first-order valence-corrected chi connectivity index (χ1v) is 6.56. The van der Waals surface area contributed by atoms with Crippen LogP contribution in [-0.4, -0.2) is 22.2 Å². The molecule has 0 unspecified atom stereocenters. The second-order valence-electron chi connectivity index (χ2n) is 6.21. The van der Waals surface area contributed by atoms with Crippen molar-refractivity contribution in [2.24, 2.45) is 5.41 Å². The Kier molecular flexibility index (Phi) is 3.48. The van der Waals surface area contributed by atoms with Crippen LogP contribution in [-0.2, 0) is 0 Å². The molecule has 1 fully saturated rings. The molecule has 2 rings (SSSR count). The van der Waals surface area contributed by atoms with E-state index in [-0.39, 0.29) is 0 Å². The minimum atomic E-state index is -0.586. The van der Waals surface area contributed by atoms with Gasteiger partial charge in [0.05, 0.1) is 17.5 Å². The lowest BCUT2D eigenvalue weighted by Gasteiger charge is -2.40. The molecule has 4 N–H and O–H groups in total. The second-order valence-corrected chi connectivity index (χ2v) is 6.21. The number of nitrogens with two attached hydrogens (primary N) is 1. The summed E-state index contributed by atoms with van der Waals surface area (Å²) in [6.45, 7) is 5.11. The van der Waals surface area contributed by atoms with E-state index in [1.54, 1.807) is 12.3 Å². The Morgan fingerprint density at radius 1 is 1.28 bits per heavy atom. The Labute approximate surface area is 109 Å². The van der Waals surface area contributed by atoms with E-state index in [1.807, 2.05) is 6.07 Å². The summed E-state index contributed by atoms with van der Waals surface area (Å²) >= 11 is 0. The first kappa shape index (κ1) is 13.1. The number of hydrogen-bond acceptors (Lipinski definition) is 4. The van der Waals surface area contributed by atoms with Gasteiger partial charge in [-0.1, -0.05) is 13.8 Å². The van der Waals surface area contributed by atoms with Crippen LogP contribution in [0.3, 0.4) is 0 Å². The molecular weight excluding hydrogens is 226 g/mol. The molecule has 0 atom stereocenters. The van der Waals surface area contributed by atoms with E-state index >= 15 is 0 Å². The zero-order valence-corrected chi connectivity index (χ0v) is 11.2. The van der Waals surface area contributed by atoms with Gasteiger partial charge >= 0.3 is 0 Å². The van der Waals surface area contributed by atoms with Gasteiger partial charge in [-0.2, -0.15) is 0 Å². The standard InChI is InChI=1S/C14H23N3O/c1-13(2)5-7-14(18,8-6-13)10-17-11-3-4-12(15)16-9-11/h3-4,9,17-18H,5-8,10H2,1-2H3,(H2,15,16). The summed E-state index contributed by atoms with van der Waals surface area (Å²) in [5.74, 6) is 0.513. The van der Waals surface area contributed by atoms with Crippen molar-refractivity contribution in [1.82, 2.24) is 4.98 Å². The van der Waals surface area contributed by atoms with Crippen LogP contribution in [0.1, 0.15) is 39.5 Å². The summed E-state index contributed by atoms with van der Waals surface area (Å²) in [6, 6.07) is 3.65. The highest BCUT2D eigenvalue weighted by atomic mass is 16.3. The van der Waals surface area contributed by atoms with Crippen molar-refractivity contribution in [3.05, 3.63) is 18.3 Å². The van der Waals surface area contributed by atoms with Gasteiger partial charge in [0.1, 0.15) is 5.82 Å². The molecule has 0 aliphatic heterocycles. The number of nitrogens with one attached hydrogen (secondary N) is 1. The van der Waals surface area contributed by atoms with Crippen molar-refractivity contribution in [3.63, 3.8) is 0 Å². The minimum Gasteiger partial charge on any atom is -0.388 e. The van der Waals surface area contributed by atoms with Crippen LogP contribution >= 0.6 is 0 Å². The van der Waals surface area contributed by atoms with Crippen molar-refractivity contribution < 1.29 is 5.11 Å². The van der Waals surface area contributed by atoms with Gasteiger partial charge in [0.15, 0.2) is 0 Å². The lowest BCUT2D eigenvalue weighted by molar-refractivity contribution is -0.0145. The SMILES string of the molecule is CC1(C)CCC(O)(CNc2ccc(N)nc2)CC1. The summed E-state index contributed by atoms with van der Waals surface area (Å²) in [7, 11) is 0. The number of nitrogen functional groups attached to an aromatic ring is 1. The molecule has 0 bridgehead atoms. The van der Waals surface area contributed by atoms with E-state index in [1.165, 1.54) is 0 Å². The average molecular weight is 249 g/mol. The fraction of sp³-hybridized carbons (Fsp3) is 0.643. The molecule has 4 nitrogen and oxygen atoms in total. The maximum absolute atomic E-state index is 10.5. The molecular formula is C14H23N3O. The zero-order valence-electron chi connectivity index (χ0n) is 11.2. The van der Waals surface area contributed by atoms with Gasteiger partial charge in [-0.15, -0.1) is 0 Å². The molecule has 1 aromatic rings. The van der Waals surface area contributed by atoms with Gasteiger partial charge in [-0.25, -0.2) is 4.98 Å². The Hall–Kier alpha value is -1.29. The average Bonchev–Trinajstić information content (AvgIpc) is 2.33. The lowest BCUT2D eigenvalue weighted by atomic mass is 9.71. The van der Waals surface area contributed by atoms with E-state index in [2.05, 4.69) is 24.1 Å². The van der Waals surface area contributed by atoms with Gasteiger partial charge in [0.2, 0.25) is 0 Å². The largest absolute Gasteiger partial charge is 0.388 e. The Balaban J connectivity index is 1.88. The van der Waals surface area contributed by atoms with E-state index in [0.717, 1.165) is 31.4 Å². The number of nitrogens with zero attached hydrogens (tertiary/aromatic N) is 1. The maximum Gasteiger partial charge on any atom is 0.123 e. The van der Waals surface area contributed by atoms with Crippen molar-refractivity contribution >= 4 is 11.5 Å². The van der Waals surface area contributed by atoms with Crippen molar-refractivity contribution in [2.75, 3.05) is 17.6 Å². The summed E-state index contributed by atoms with van der Waals surface area (Å²) in [4.78, 5) is 4.02. The van der Waals surface area contributed by atoms with Gasteiger partial charge in [0, 0.05) is 6.54 Å². The van der Waals surface area contributed by atoms with Crippen LogP contribution in [0, 0.1) is 5.41 Å². The molecule has 0 spiro atoms. The highest BCUT2D eigenvalue weighted by Crippen LogP contribution is 2.40. The van der Waals surface area contributed by atoms with E-state index < -0.39 is 5.60 Å². The molecule has 1 aromatic heterocycles. The number of hydrogen-bond donors (Lipinski definition) is 3. The molecule has 0 saturated heterocycles. The number of rotatable bonds is 3. The molecule has 1 aliphatic rings. The Morgan fingerprint density at radius 2 is 1.94 bits per heavy atom. The molecule has 0 aromatic carbocycles. The monoisotopic (exact) mass is 249 g/mol. The van der Waals surface area contributed by atoms with Crippen LogP contribution in [0.2, 0.25) is 0 Å². The third kappa shape index (κ3) is 3.35. The number of aliphatic hydroxyl groups is 1. The third-order valence-electron chi connectivity index (χ3n) is 3.94. The maximum atomic E-state index is 10.5. The van der Waals surface area contributed by atoms with Crippen molar-refractivity contribution in [2.45, 2.75) is 45.1 Å². The zero-order chi connectivity index (χ0) is 13.2. The summed E-state index contributed by atoms with van der Waals surface area (Å²) in [5, 5.41) is 13.8. The van der Waals surface area contributed by atoms with Crippen LogP contribution in [0.25, 0.3) is 0 Å². The number of aromatic nitrogens is 1. The van der Waals surface area contributed by atoms with Crippen molar-refractivity contribution in [3.8, 4) is 0 Å². The summed E-state index contributed by atoms with van der Waals surface area (Å²) in [5.41, 5.74) is 6.22. The van der Waals surface area contributed by atoms with Crippen LogP contribution in [0.4, 0.5) is 11.5 Å². The highest BCUT2D eigenvalue weighted by molar-refractivity contribution is 5.45. The normalized spacial score (nSPS) is 21.5. The smallest absolute Gasteiger partial charge is 0.123 e. The molecule has 1 aliphatic carbocycles. The topological polar surface area (TPSA) is 71.2 Å². The predicted octanol–water partition coefficient (Wildman–Crippen LogP) is 2.41. The minimum absolute atomic E-state index is 0.370. The number of anilines is 2. The fourth-order valence-electron chi connectivity index (χ4n) is 2.35. The van der Waals surface area contributed by atoms with Crippen LogP contribution in [0.15, 0.2) is 18.3 Å². The quantitative estimate of drug-likeness (QED) is 0.769. The fourth-order valence-corrected chi connectivity index (χ4v) is 2.35. The molecule has 1 heterocycles. The molecule has 18 heavy (non-hydrogen) atoms. The van der Waals surface area contributed by atoms with Gasteiger partial charge in [-0.05, 0) is 43.2 Å². The van der Waals surface area contributed by atoms with Gasteiger partial charge in [0.25, 0.3) is 0 Å². The lowest BCUT2D eigenvalue weighted by Crippen LogP contribution is -2.42. The summed E-state index contributed by atoms with van der Waals surface area (Å²) in [6.07, 6.45) is 5.56. The molecule has 4 heteroatoms. The van der Waals surface area contributed by atoms with Crippen LogP contribution < -0.4 is 11.1 Å². The molecule has 100 valence electrons. The predicted molar refractivity (Wildman–Crippen MR) is 74.3 cm³/mol. The van der Waals surface area contributed by atoms with Gasteiger partial charge in [-0.3, -0.25) is 0 Å². The third-order valence-corrected chi connectivity index (χ3v) is 3.94. The highest BCUT2D eigenvalue weighted by Gasteiger charge is 2.36. The molecule has 0 amide bonds. The van der Waals surface area contributed by atoms with E-state index in [9.17, 15) is 5.11 Å². The first-order valence-electron chi connectivity index (χ1n) is 6.56. The number of pyridine rings is 1. The molecule has 1 saturated carbocycles. The molecule has 0 radical (unpaired) electrons.